The zero-order valence-corrected chi connectivity index (χ0v) is 12.1. The number of nitrogens with zero attached hydrogens (tertiary/aromatic N) is 1. The maximum atomic E-state index is 12.0. The van der Waals surface area contributed by atoms with E-state index in [4.69, 9.17) is 0 Å². The van der Waals surface area contributed by atoms with Crippen molar-refractivity contribution in [1.82, 2.24) is 4.90 Å². The number of amides is 1. The van der Waals surface area contributed by atoms with Gasteiger partial charge in [-0.05, 0) is 18.4 Å². The highest BCUT2D eigenvalue weighted by atomic mass is 32.2. The molecule has 1 unspecified atom stereocenters. The Labute approximate surface area is 112 Å². The van der Waals surface area contributed by atoms with Gasteiger partial charge in [-0.15, -0.1) is 0 Å². The molecule has 0 N–H and O–H groups in total. The molecule has 0 radical (unpaired) electrons. The second kappa shape index (κ2) is 7.31. The first-order valence-electron chi connectivity index (χ1n) is 6.25. The van der Waals surface area contributed by atoms with E-state index in [9.17, 15) is 9.00 Å². The highest BCUT2D eigenvalue weighted by Crippen LogP contribution is 2.08. The van der Waals surface area contributed by atoms with Crippen LogP contribution in [0, 0.1) is 5.92 Å². The van der Waals surface area contributed by atoms with Crippen molar-refractivity contribution < 1.29 is 9.00 Å². The molecule has 0 spiro atoms. The van der Waals surface area contributed by atoms with Gasteiger partial charge in [-0.25, -0.2) is 4.21 Å². The van der Waals surface area contributed by atoms with Crippen molar-refractivity contribution in [1.29, 1.82) is 0 Å². The Morgan fingerprint density at radius 2 is 1.89 bits per heavy atom. The van der Waals surface area contributed by atoms with E-state index < -0.39 is 10.8 Å². The molecular weight excluding hydrogens is 246 g/mol. The van der Waals surface area contributed by atoms with Crippen LogP contribution >= 0.6 is 0 Å². The van der Waals surface area contributed by atoms with Crippen molar-refractivity contribution in [3.8, 4) is 0 Å². The lowest BCUT2D eigenvalue weighted by molar-refractivity contribution is 0.218. The second-order valence-electron chi connectivity index (χ2n) is 4.67. The molecular formula is C14H21NO2S. The van der Waals surface area contributed by atoms with E-state index in [0.29, 0.717) is 24.8 Å². The lowest BCUT2D eigenvalue weighted by Crippen LogP contribution is -2.35. The van der Waals surface area contributed by atoms with Crippen molar-refractivity contribution in [3.05, 3.63) is 35.9 Å². The van der Waals surface area contributed by atoms with Crippen molar-refractivity contribution >= 4 is 16.0 Å². The normalized spacial score (nSPS) is 12.4. The third-order valence-electron chi connectivity index (χ3n) is 2.56. The van der Waals surface area contributed by atoms with Gasteiger partial charge in [0.15, 0.2) is 0 Å². The van der Waals surface area contributed by atoms with Gasteiger partial charge < -0.3 is 4.90 Å². The fraction of sp³-hybridized carbons (Fsp3) is 0.500. The minimum absolute atomic E-state index is 0.255. The summed E-state index contributed by atoms with van der Waals surface area (Å²) in [5.41, 5.74) is 0.935. The maximum absolute atomic E-state index is 12.0. The Hall–Kier alpha value is -1.16. The van der Waals surface area contributed by atoms with Gasteiger partial charge in [0.2, 0.25) is 0 Å². The minimum Gasteiger partial charge on any atom is -0.332 e. The van der Waals surface area contributed by atoms with Crippen LogP contribution in [0.2, 0.25) is 0 Å². The summed E-state index contributed by atoms with van der Waals surface area (Å²) in [6.07, 6.45) is 0. The maximum Gasteiger partial charge on any atom is 0.312 e. The standard InChI is InChI=1S/C14H21NO2S/c1-4-15(10-12(2)3)14(16)18(17)11-13-8-6-5-7-9-13/h5-9,12H,4,10-11H2,1-3H3. The van der Waals surface area contributed by atoms with Crippen LogP contribution in [0.4, 0.5) is 4.79 Å². The largest absolute Gasteiger partial charge is 0.332 e. The number of benzene rings is 1. The lowest BCUT2D eigenvalue weighted by atomic mass is 10.2. The van der Waals surface area contributed by atoms with Crippen LogP contribution in [0.3, 0.4) is 0 Å². The highest BCUT2D eigenvalue weighted by molar-refractivity contribution is 7.99. The monoisotopic (exact) mass is 267 g/mol. The molecule has 0 aromatic heterocycles. The lowest BCUT2D eigenvalue weighted by Gasteiger charge is -2.22. The molecule has 3 nitrogen and oxygen atoms in total. The van der Waals surface area contributed by atoms with E-state index in [2.05, 4.69) is 13.8 Å². The number of rotatable bonds is 5. The van der Waals surface area contributed by atoms with Crippen LogP contribution in [-0.2, 0) is 16.6 Å². The van der Waals surface area contributed by atoms with E-state index in [-0.39, 0.29) is 5.24 Å². The summed E-state index contributed by atoms with van der Waals surface area (Å²) in [4.78, 5) is 13.7. The SMILES string of the molecule is CCN(CC(C)C)C(=O)S(=O)Cc1ccccc1. The van der Waals surface area contributed by atoms with Gasteiger partial charge in [-0.3, -0.25) is 4.79 Å². The fourth-order valence-corrected chi connectivity index (χ4v) is 2.82. The average molecular weight is 267 g/mol. The minimum atomic E-state index is -1.48. The van der Waals surface area contributed by atoms with E-state index in [0.717, 1.165) is 5.56 Å². The summed E-state index contributed by atoms with van der Waals surface area (Å²) < 4.78 is 12.0. The zero-order valence-electron chi connectivity index (χ0n) is 11.3. The van der Waals surface area contributed by atoms with Gasteiger partial charge in [0.1, 0.15) is 10.8 Å². The summed E-state index contributed by atoms with van der Waals surface area (Å²) >= 11 is 0. The Balaban J connectivity index is 2.63. The van der Waals surface area contributed by atoms with Crippen molar-refractivity contribution in [3.63, 3.8) is 0 Å². The second-order valence-corrected chi connectivity index (χ2v) is 6.00. The first-order valence-corrected chi connectivity index (χ1v) is 7.57. The van der Waals surface area contributed by atoms with E-state index in [1.807, 2.05) is 37.3 Å². The first kappa shape index (κ1) is 14.9. The van der Waals surface area contributed by atoms with Crippen molar-refractivity contribution in [2.24, 2.45) is 5.92 Å². The third kappa shape index (κ3) is 4.61. The Morgan fingerprint density at radius 3 is 2.39 bits per heavy atom. The summed E-state index contributed by atoms with van der Waals surface area (Å²) in [6, 6.07) is 9.48. The molecule has 0 aliphatic heterocycles. The molecule has 0 aliphatic rings. The quantitative estimate of drug-likeness (QED) is 0.822. The number of carbonyl (C=O) groups is 1. The highest BCUT2D eigenvalue weighted by Gasteiger charge is 2.19. The fourth-order valence-electron chi connectivity index (χ4n) is 1.70. The molecule has 0 saturated heterocycles. The molecule has 4 heteroatoms. The van der Waals surface area contributed by atoms with Crippen LogP contribution in [0.25, 0.3) is 0 Å². The van der Waals surface area contributed by atoms with Crippen molar-refractivity contribution in [2.75, 3.05) is 13.1 Å². The molecule has 0 fully saturated rings. The van der Waals surface area contributed by atoms with Crippen molar-refractivity contribution in [2.45, 2.75) is 26.5 Å². The topological polar surface area (TPSA) is 37.4 Å². The zero-order chi connectivity index (χ0) is 13.5. The molecule has 1 aromatic carbocycles. The van der Waals surface area contributed by atoms with Gasteiger partial charge in [0, 0.05) is 13.1 Å². The average Bonchev–Trinajstić information content (AvgIpc) is 2.36. The van der Waals surface area contributed by atoms with Gasteiger partial charge in [0.05, 0.1) is 5.75 Å². The number of hydrogen-bond acceptors (Lipinski definition) is 2. The summed E-state index contributed by atoms with van der Waals surface area (Å²) in [7, 11) is -1.48. The van der Waals surface area contributed by atoms with Gasteiger partial charge in [0.25, 0.3) is 0 Å². The van der Waals surface area contributed by atoms with Gasteiger partial charge in [-0.1, -0.05) is 44.2 Å². The summed E-state index contributed by atoms with van der Waals surface area (Å²) in [5.74, 6) is 0.691. The first-order chi connectivity index (χ1) is 8.54. The predicted octanol–water partition coefficient (Wildman–Crippen LogP) is 3.03. The molecule has 0 saturated carbocycles. The summed E-state index contributed by atoms with van der Waals surface area (Å²) in [6.45, 7) is 7.29. The molecule has 0 bridgehead atoms. The number of carbonyl (C=O) groups excluding carboxylic acids is 1. The predicted molar refractivity (Wildman–Crippen MR) is 75.8 cm³/mol. The Bertz CT molecular complexity index is 404. The molecule has 1 amide bonds. The molecule has 1 atom stereocenters. The molecule has 0 heterocycles. The molecule has 1 rings (SSSR count). The van der Waals surface area contributed by atoms with Crippen LogP contribution in [0.1, 0.15) is 26.3 Å². The molecule has 18 heavy (non-hydrogen) atoms. The Kier molecular flexibility index (Phi) is 6.05. The van der Waals surface area contributed by atoms with E-state index in [1.54, 1.807) is 4.90 Å². The van der Waals surface area contributed by atoms with Crippen LogP contribution < -0.4 is 0 Å². The molecule has 0 aliphatic carbocycles. The van der Waals surface area contributed by atoms with E-state index in [1.165, 1.54) is 0 Å². The van der Waals surface area contributed by atoms with Gasteiger partial charge in [-0.2, -0.15) is 0 Å². The molecule has 1 aromatic rings. The van der Waals surface area contributed by atoms with Crippen LogP contribution in [-0.4, -0.2) is 27.4 Å². The number of hydrogen-bond donors (Lipinski definition) is 0. The smallest absolute Gasteiger partial charge is 0.312 e. The van der Waals surface area contributed by atoms with Crippen LogP contribution in [0.5, 0.6) is 0 Å². The van der Waals surface area contributed by atoms with Crippen LogP contribution in [0.15, 0.2) is 30.3 Å². The van der Waals surface area contributed by atoms with Gasteiger partial charge >= 0.3 is 5.24 Å². The summed E-state index contributed by atoms with van der Waals surface area (Å²) in [5, 5.41) is -0.255. The Morgan fingerprint density at radius 1 is 1.28 bits per heavy atom. The van der Waals surface area contributed by atoms with E-state index >= 15 is 0 Å². The molecule has 100 valence electrons. The third-order valence-corrected chi connectivity index (χ3v) is 3.80.